The number of rotatable bonds is 12. The summed E-state index contributed by atoms with van der Waals surface area (Å²) in [6.45, 7) is 2.41. The smallest absolute Gasteiger partial charge is 0.405 e. The summed E-state index contributed by atoms with van der Waals surface area (Å²) in [6, 6.07) is 11.2. The van der Waals surface area contributed by atoms with Crippen molar-refractivity contribution in [2.24, 2.45) is 0 Å². The first-order valence-corrected chi connectivity index (χ1v) is 16.3. The van der Waals surface area contributed by atoms with E-state index in [1.54, 1.807) is 18.2 Å². The van der Waals surface area contributed by atoms with Crippen molar-refractivity contribution < 1.29 is 32.6 Å². The summed E-state index contributed by atoms with van der Waals surface area (Å²) in [4.78, 5) is 28.2. The number of carbonyl (C=O) groups is 2. The molecule has 10 nitrogen and oxygen atoms in total. The van der Waals surface area contributed by atoms with Gasteiger partial charge in [-0.1, -0.05) is 29.8 Å². The quantitative estimate of drug-likeness (QED) is 0.175. The van der Waals surface area contributed by atoms with Crippen molar-refractivity contribution in [1.29, 1.82) is 0 Å². The summed E-state index contributed by atoms with van der Waals surface area (Å²) in [5.74, 6) is -0.725. The molecule has 4 unspecified atom stereocenters. The molecule has 0 aromatic heterocycles. The zero-order valence-corrected chi connectivity index (χ0v) is 25.3. The maximum Gasteiger partial charge on any atom is 0.405 e. The Balaban J connectivity index is 1.30. The zero-order chi connectivity index (χ0) is 30.6. The zero-order valence-electron chi connectivity index (χ0n) is 23.8. The molecule has 5 rings (SSSR count). The van der Waals surface area contributed by atoms with Gasteiger partial charge in [0.15, 0.2) is 11.1 Å². The van der Waals surface area contributed by atoms with Gasteiger partial charge in [0.1, 0.15) is 11.9 Å². The maximum atomic E-state index is 15.2. The molecule has 43 heavy (non-hydrogen) atoms. The van der Waals surface area contributed by atoms with Gasteiger partial charge in [0, 0.05) is 71.9 Å². The molecule has 0 bridgehead atoms. The monoisotopic (exact) mass is 636 g/mol. The Bertz CT molecular complexity index is 1330. The van der Waals surface area contributed by atoms with E-state index in [0.29, 0.717) is 73.7 Å². The Hall–Kier alpha value is -2.61. The number of carbonyl (C=O) groups excluding carboxylic acids is 1. The summed E-state index contributed by atoms with van der Waals surface area (Å²) < 4.78 is 40.8. The number of halogens is 2. The number of ether oxygens (including phenoxy) is 1. The molecule has 3 heterocycles. The fourth-order valence-corrected chi connectivity index (χ4v) is 7.31. The lowest BCUT2D eigenvalue weighted by molar-refractivity contribution is -0.121. The van der Waals surface area contributed by atoms with Crippen molar-refractivity contribution >= 4 is 40.4 Å². The lowest BCUT2D eigenvalue weighted by Gasteiger charge is -2.43. The van der Waals surface area contributed by atoms with Crippen LogP contribution in [0.3, 0.4) is 0 Å². The molecule has 0 spiro atoms. The Morgan fingerprint density at radius 1 is 1.19 bits per heavy atom. The number of hydrogen-bond donors (Lipinski definition) is 5. The molecule has 234 valence electrons. The van der Waals surface area contributed by atoms with Crippen LogP contribution in [0, 0.1) is 5.82 Å². The van der Waals surface area contributed by atoms with Crippen LogP contribution < -0.4 is 16.0 Å². The van der Waals surface area contributed by atoms with E-state index in [1.165, 1.54) is 12.1 Å². The number of fused-ring (bicyclic) bond motifs is 1. The van der Waals surface area contributed by atoms with E-state index in [0.717, 1.165) is 25.1 Å². The van der Waals surface area contributed by atoms with Crippen LogP contribution in [0.4, 0.5) is 14.9 Å². The van der Waals surface area contributed by atoms with E-state index in [1.807, 2.05) is 12.1 Å². The van der Waals surface area contributed by atoms with E-state index < -0.39 is 40.4 Å². The SMILES string of the molecule is O=C(O)N[C@H](C(=O)Nc1cccc(F)c1CC[C@@H]1NCC(CCCS(=O)O)N2CC12)C1(c2ccc(Cl)cc2)CCOCC1. The number of hydrogen-bond acceptors (Lipinski definition) is 6. The second kappa shape index (κ2) is 14.0. The minimum Gasteiger partial charge on any atom is -0.465 e. The van der Waals surface area contributed by atoms with Crippen LogP contribution in [-0.4, -0.2) is 87.0 Å². The van der Waals surface area contributed by atoms with E-state index >= 15 is 4.39 Å². The minimum absolute atomic E-state index is 0.156. The van der Waals surface area contributed by atoms with Gasteiger partial charge in [-0.3, -0.25) is 9.69 Å². The van der Waals surface area contributed by atoms with Gasteiger partial charge >= 0.3 is 6.09 Å². The van der Waals surface area contributed by atoms with Crippen molar-refractivity contribution in [2.45, 2.75) is 68.1 Å². The molecule has 2 aromatic rings. The van der Waals surface area contributed by atoms with Gasteiger partial charge in [0.05, 0.1) is 0 Å². The van der Waals surface area contributed by atoms with E-state index in [-0.39, 0.29) is 11.8 Å². The second-order valence-corrected chi connectivity index (χ2v) is 13.0. The largest absolute Gasteiger partial charge is 0.465 e. The van der Waals surface area contributed by atoms with Crippen molar-refractivity contribution in [3.63, 3.8) is 0 Å². The number of amides is 2. The Kier molecular flexibility index (Phi) is 10.4. The van der Waals surface area contributed by atoms with Crippen molar-refractivity contribution in [3.05, 3.63) is 64.4 Å². The highest BCUT2D eigenvalue weighted by atomic mass is 35.5. The van der Waals surface area contributed by atoms with Crippen LogP contribution in [0.15, 0.2) is 42.5 Å². The maximum absolute atomic E-state index is 15.2. The lowest BCUT2D eigenvalue weighted by atomic mass is 9.68. The molecule has 5 N–H and O–H groups in total. The molecule has 13 heteroatoms. The Labute approximate surface area is 258 Å². The normalized spacial score (nSPS) is 25.7. The van der Waals surface area contributed by atoms with Gasteiger partial charge in [-0.25, -0.2) is 13.4 Å². The molecule has 0 aliphatic carbocycles. The van der Waals surface area contributed by atoms with E-state index in [2.05, 4.69) is 20.9 Å². The summed E-state index contributed by atoms with van der Waals surface area (Å²) in [5.41, 5.74) is 0.579. The molecule has 2 amide bonds. The van der Waals surface area contributed by atoms with Crippen LogP contribution >= 0.6 is 11.6 Å². The second-order valence-electron chi connectivity index (χ2n) is 11.6. The molecule has 0 saturated carbocycles. The predicted molar refractivity (Wildman–Crippen MR) is 162 cm³/mol. The third-order valence-corrected chi connectivity index (χ3v) is 9.95. The van der Waals surface area contributed by atoms with Crippen LogP contribution in [-0.2, 0) is 32.4 Å². The fourth-order valence-electron chi connectivity index (χ4n) is 6.77. The third kappa shape index (κ3) is 7.55. The molecule has 2 aromatic carbocycles. The fraction of sp³-hybridized carbons (Fsp3) is 0.533. The summed E-state index contributed by atoms with van der Waals surface area (Å²) in [6.07, 6.45) is 2.06. The van der Waals surface area contributed by atoms with Gasteiger partial charge < -0.3 is 30.3 Å². The molecule has 6 atom stereocenters. The van der Waals surface area contributed by atoms with Crippen LogP contribution in [0.25, 0.3) is 0 Å². The number of benzene rings is 2. The van der Waals surface area contributed by atoms with Crippen LogP contribution in [0.2, 0.25) is 5.02 Å². The van der Waals surface area contributed by atoms with Crippen molar-refractivity contribution in [1.82, 2.24) is 15.5 Å². The van der Waals surface area contributed by atoms with Gasteiger partial charge in [-0.15, -0.1) is 0 Å². The highest BCUT2D eigenvalue weighted by Gasteiger charge is 2.48. The van der Waals surface area contributed by atoms with Crippen LogP contribution in [0.1, 0.15) is 43.2 Å². The van der Waals surface area contributed by atoms with Gasteiger partial charge in [0.2, 0.25) is 5.91 Å². The van der Waals surface area contributed by atoms with E-state index in [9.17, 15) is 18.9 Å². The van der Waals surface area contributed by atoms with Crippen molar-refractivity contribution in [2.75, 3.05) is 37.4 Å². The average Bonchev–Trinajstić information content (AvgIpc) is 3.78. The molecule has 3 aliphatic rings. The molecule has 3 saturated heterocycles. The lowest BCUT2D eigenvalue weighted by Crippen LogP contribution is -2.58. The molecule has 3 aliphatic heterocycles. The first-order chi connectivity index (χ1) is 20.7. The number of piperazine rings is 1. The van der Waals surface area contributed by atoms with Crippen molar-refractivity contribution in [3.8, 4) is 0 Å². The van der Waals surface area contributed by atoms with Crippen LogP contribution in [0.5, 0.6) is 0 Å². The van der Waals surface area contributed by atoms with E-state index in [4.69, 9.17) is 20.9 Å². The minimum atomic E-state index is -1.78. The molecule has 0 radical (unpaired) electrons. The average molecular weight is 637 g/mol. The number of anilines is 1. The number of nitrogens with one attached hydrogen (secondary N) is 3. The highest BCUT2D eigenvalue weighted by molar-refractivity contribution is 7.79. The Morgan fingerprint density at radius 3 is 2.63 bits per heavy atom. The third-order valence-electron chi connectivity index (χ3n) is 9.06. The summed E-state index contributed by atoms with van der Waals surface area (Å²) >= 11 is 4.35. The molecule has 3 fully saturated rings. The van der Waals surface area contributed by atoms with Gasteiger partial charge in [-0.05, 0) is 68.4 Å². The first kappa shape index (κ1) is 31.8. The first-order valence-electron chi connectivity index (χ1n) is 14.7. The summed E-state index contributed by atoms with van der Waals surface area (Å²) in [7, 11) is 0. The molecular weight excluding hydrogens is 599 g/mol. The predicted octanol–water partition coefficient (Wildman–Crippen LogP) is 3.76. The molecular formula is C30H38ClFN4O6S. The topological polar surface area (TPSA) is 140 Å². The summed E-state index contributed by atoms with van der Waals surface area (Å²) in [5, 5.41) is 19.2. The van der Waals surface area contributed by atoms with Gasteiger partial charge in [0.25, 0.3) is 0 Å². The number of carboxylic acid groups (broad SMARTS) is 1. The van der Waals surface area contributed by atoms with Gasteiger partial charge in [-0.2, -0.15) is 0 Å². The number of nitrogens with zero attached hydrogens (tertiary/aromatic N) is 1. The highest BCUT2D eigenvalue weighted by Crippen LogP contribution is 2.40. The standard InChI is InChI=1S/C30H38ClFN4O6S/c31-20-8-6-19(7-9-20)30(12-14-42-15-13-30)27(35-29(38)39)28(37)34-24-5-1-4-23(32)22(24)10-11-25-26-18-36(26)21(17-33-25)3-2-16-43(40)41/h1,4-9,21,25-27,33,35H,2-3,10-18H2,(H,34,37)(H,38,39)(H,40,41)/t21?,25-,26?,27+,36?/m0/s1. The Morgan fingerprint density at radius 2 is 1.93 bits per heavy atom.